The number of primary amides is 2. The van der Waals surface area contributed by atoms with Gasteiger partial charge in [0, 0.05) is 66.3 Å². The van der Waals surface area contributed by atoms with Gasteiger partial charge in [-0.3, -0.25) is 29.0 Å². The predicted molar refractivity (Wildman–Crippen MR) is 178 cm³/mol. The molecular weight excluding hydrogens is 669 g/mol. The molecule has 11 nitrogen and oxygen atoms in total. The van der Waals surface area contributed by atoms with Gasteiger partial charge in [0.2, 0.25) is 11.8 Å². The number of nitrogens with two attached hydrogens (primary N) is 2. The van der Waals surface area contributed by atoms with E-state index in [-0.39, 0.29) is 31.2 Å². The normalized spacial score (nSPS) is 14.8. The summed E-state index contributed by atoms with van der Waals surface area (Å²) in [6.45, 7) is 2.67. The van der Waals surface area contributed by atoms with Crippen LogP contribution in [0.15, 0.2) is 36.4 Å². The highest BCUT2D eigenvalue weighted by molar-refractivity contribution is 7.14. The van der Waals surface area contributed by atoms with E-state index in [9.17, 15) is 19.2 Å². The highest BCUT2D eigenvalue weighted by Crippen LogP contribution is 2.39. The Labute approximate surface area is 282 Å². The summed E-state index contributed by atoms with van der Waals surface area (Å²) in [5.41, 5.74) is 14.6. The molecule has 0 radical (unpaired) electrons. The summed E-state index contributed by atoms with van der Waals surface area (Å²) in [7, 11) is 0. The lowest BCUT2D eigenvalue weighted by Crippen LogP contribution is -2.37. The molecule has 0 unspecified atom stereocenters. The molecule has 3 amide bonds. The first-order valence-corrected chi connectivity index (χ1v) is 16.8. The third-order valence-electron chi connectivity index (χ3n) is 7.78. The Morgan fingerprint density at radius 2 is 1.33 bits per heavy atom. The Morgan fingerprint density at radius 1 is 0.783 bits per heavy atom. The van der Waals surface area contributed by atoms with Gasteiger partial charge < -0.3 is 16.8 Å². The smallest absolute Gasteiger partial charge is 0.284 e. The van der Waals surface area contributed by atoms with Crippen molar-refractivity contribution in [2.45, 2.75) is 32.4 Å². The number of hydrogen-bond donors (Lipinski definition) is 3. The second-order valence-corrected chi connectivity index (χ2v) is 14.1. The Morgan fingerprint density at radius 3 is 1.93 bits per heavy atom. The van der Waals surface area contributed by atoms with Crippen molar-refractivity contribution < 1.29 is 19.2 Å². The maximum absolute atomic E-state index is 13.3. The van der Waals surface area contributed by atoms with Gasteiger partial charge in [-0.05, 0) is 11.6 Å². The molecule has 238 valence electrons. The number of anilines is 1. The lowest BCUT2D eigenvalue weighted by molar-refractivity contribution is -0.120. The number of nitrogens with one attached hydrogen (secondary N) is 1. The molecule has 0 spiro atoms. The van der Waals surface area contributed by atoms with Gasteiger partial charge in [0.1, 0.15) is 0 Å². The number of halogens is 2. The Kier molecular flexibility index (Phi) is 9.50. The number of benzene rings is 2. The lowest BCUT2D eigenvalue weighted by atomic mass is 9.99. The molecule has 2 aliphatic rings. The van der Waals surface area contributed by atoms with Crippen LogP contribution in [-0.4, -0.2) is 69.5 Å². The minimum Gasteiger partial charge on any atom is -0.369 e. The fraction of sp³-hybridized carbons (Fsp3) is 0.290. The number of carbonyl (C=O) groups is 4. The number of fused-ring (bicyclic) bond motifs is 2. The van der Waals surface area contributed by atoms with Crippen molar-refractivity contribution in [2.75, 3.05) is 31.5 Å². The zero-order valence-electron chi connectivity index (χ0n) is 24.5. The van der Waals surface area contributed by atoms with Crippen LogP contribution in [0, 0.1) is 0 Å². The van der Waals surface area contributed by atoms with E-state index in [2.05, 4.69) is 15.3 Å². The maximum atomic E-state index is 13.3. The molecule has 2 aliphatic heterocycles. The highest BCUT2D eigenvalue weighted by Gasteiger charge is 2.26. The van der Waals surface area contributed by atoms with Crippen LogP contribution in [0.5, 0.6) is 0 Å². The molecule has 46 heavy (non-hydrogen) atoms. The van der Waals surface area contributed by atoms with Gasteiger partial charge in [0.15, 0.2) is 15.8 Å². The fourth-order valence-corrected chi connectivity index (χ4v) is 8.31. The van der Waals surface area contributed by atoms with Crippen LogP contribution in [0.2, 0.25) is 10.0 Å². The van der Waals surface area contributed by atoms with Gasteiger partial charge in [0.05, 0.1) is 40.2 Å². The molecule has 2 aromatic heterocycles. The first-order valence-electron chi connectivity index (χ1n) is 14.4. The molecule has 0 saturated heterocycles. The molecule has 0 saturated carbocycles. The van der Waals surface area contributed by atoms with Crippen molar-refractivity contribution in [1.29, 1.82) is 0 Å². The lowest BCUT2D eigenvalue weighted by Gasteiger charge is -2.24. The number of Topliss-reactive ketones (excluding diaryl/α,β-unsaturated/α-hetero) is 1. The monoisotopic (exact) mass is 697 g/mol. The zero-order chi connectivity index (χ0) is 32.5. The molecule has 4 heterocycles. The minimum atomic E-state index is -0.397. The van der Waals surface area contributed by atoms with Gasteiger partial charge in [-0.15, -0.1) is 22.7 Å². The van der Waals surface area contributed by atoms with Crippen molar-refractivity contribution in [3.8, 4) is 11.1 Å². The SMILES string of the molecule is NC(=O)CN1CCc2nc(C(=O)Cc3cccc(-c4cccc(NC(=O)c5nc6c(s5)CN(CC(N)=O)CC6)c4Cl)c3Cl)sc2C1. The number of ketones is 1. The van der Waals surface area contributed by atoms with E-state index in [4.69, 9.17) is 34.7 Å². The van der Waals surface area contributed by atoms with Crippen LogP contribution in [0.1, 0.15) is 46.3 Å². The summed E-state index contributed by atoms with van der Waals surface area (Å²) in [6, 6.07) is 10.7. The topological polar surface area (TPSA) is 165 Å². The number of thiazole rings is 2. The number of nitrogens with zero attached hydrogens (tertiary/aromatic N) is 4. The predicted octanol–water partition coefficient (Wildman–Crippen LogP) is 3.94. The van der Waals surface area contributed by atoms with Crippen molar-refractivity contribution in [2.24, 2.45) is 11.5 Å². The molecule has 0 atom stereocenters. The molecular formula is C31H29Cl2N7O4S2. The third kappa shape index (κ3) is 6.99. The van der Waals surface area contributed by atoms with Crippen LogP contribution in [0.3, 0.4) is 0 Å². The van der Waals surface area contributed by atoms with Crippen molar-refractivity contribution >= 4 is 75.1 Å². The van der Waals surface area contributed by atoms with Gasteiger partial charge in [-0.1, -0.05) is 53.5 Å². The highest BCUT2D eigenvalue weighted by atomic mass is 35.5. The largest absolute Gasteiger partial charge is 0.369 e. The van der Waals surface area contributed by atoms with E-state index in [1.54, 1.807) is 24.3 Å². The van der Waals surface area contributed by atoms with Crippen LogP contribution < -0.4 is 16.8 Å². The van der Waals surface area contributed by atoms with Crippen molar-refractivity contribution in [1.82, 2.24) is 19.8 Å². The van der Waals surface area contributed by atoms with Gasteiger partial charge in [0.25, 0.3) is 5.91 Å². The minimum absolute atomic E-state index is 0.0453. The first kappa shape index (κ1) is 32.2. The Balaban J connectivity index is 1.17. The molecule has 2 aromatic carbocycles. The average molecular weight is 699 g/mol. The summed E-state index contributed by atoms with van der Waals surface area (Å²) in [5, 5.41) is 4.25. The standard InChI is InChI=1S/C31H29Cl2N7O4S2/c32-27-16(11-22(41)30-37-19-7-9-39(14-25(34)42)12-23(19)45-30)3-1-4-17(27)18-5-2-6-21(28(18)33)36-29(44)31-38-20-8-10-40(15-26(35)43)13-24(20)46-31/h1-6H,7-15H2,(H2,34,42)(H2,35,43)(H,36,44). The number of aromatic nitrogens is 2. The summed E-state index contributed by atoms with van der Waals surface area (Å²) in [4.78, 5) is 64.1. The fourth-order valence-electron chi connectivity index (χ4n) is 5.61. The van der Waals surface area contributed by atoms with E-state index in [0.717, 1.165) is 21.1 Å². The van der Waals surface area contributed by atoms with Crippen molar-refractivity contribution in [3.05, 3.63) is 83.2 Å². The Bertz CT molecular complexity index is 1740. The maximum Gasteiger partial charge on any atom is 0.284 e. The summed E-state index contributed by atoms with van der Waals surface area (Å²) in [5.74, 6) is -1.34. The van der Waals surface area contributed by atoms with Crippen LogP contribution >= 0.6 is 45.9 Å². The first-order chi connectivity index (χ1) is 22.0. The van der Waals surface area contributed by atoms with Gasteiger partial charge in [-0.2, -0.15) is 0 Å². The second-order valence-electron chi connectivity index (χ2n) is 11.1. The molecule has 6 rings (SSSR count). The number of amides is 3. The number of carbonyl (C=O) groups excluding carboxylic acids is 4. The molecule has 15 heteroatoms. The molecule has 4 aromatic rings. The summed E-state index contributed by atoms with van der Waals surface area (Å²) in [6.07, 6.45) is 1.32. The Hall–Kier alpha value is -3.72. The third-order valence-corrected chi connectivity index (χ3v) is 10.8. The molecule has 0 fully saturated rings. The second kappa shape index (κ2) is 13.6. The van der Waals surface area contributed by atoms with E-state index in [1.165, 1.54) is 22.7 Å². The number of hydrogen-bond acceptors (Lipinski definition) is 10. The van der Waals surface area contributed by atoms with Crippen molar-refractivity contribution in [3.63, 3.8) is 0 Å². The van der Waals surface area contributed by atoms with Gasteiger partial charge >= 0.3 is 0 Å². The van der Waals surface area contributed by atoms with Gasteiger partial charge in [-0.25, -0.2) is 9.97 Å². The van der Waals surface area contributed by atoms with E-state index in [1.807, 2.05) is 21.9 Å². The summed E-state index contributed by atoms with van der Waals surface area (Å²) < 4.78 is 0. The number of rotatable bonds is 10. The van der Waals surface area contributed by atoms with Crippen LogP contribution in [0.25, 0.3) is 11.1 Å². The molecule has 5 N–H and O–H groups in total. The van der Waals surface area contributed by atoms with E-state index in [0.29, 0.717) is 81.5 Å². The summed E-state index contributed by atoms with van der Waals surface area (Å²) >= 11 is 16.3. The van der Waals surface area contributed by atoms with E-state index >= 15 is 0 Å². The van der Waals surface area contributed by atoms with E-state index < -0.39 is 11.8 Å². The van der Waals surface area contributed by atoms with Crippen LogP contribution in [-0.2, 0) is 41.9 Å². The molecule has 0 bridgehead atoms. The molecule has 0 aliphatic carbocycles. The van der Waals surface area contributed by atoms with Crippen LogP contribution in [0.4, 0.5) is 5.69 Å². The zero-order valence-corrected chi connectivity index (χ0v) is 27.6. The average Bonchev–Trinajstić information content (AvgIpc) is 3.63. The quantitative estimate of drug-likeness (QED) is 0.210.